The number of aromatic nitrogens is 1. The smallest absolute Gasteiger partial charge is 0.279 e. The number of H-pyrrole nitrogens is 1. The SMILES string of the molecule is C=C[C@@H]1C[C@]1(C)C(=O)NS(=O)(=O)c1cc2ccc(-c3ccccc3)cc2[nH]1. The maximum Gasteiger partial charge on any atom is 0.279 e. The molecule has 0 radical (unpaired) electrons. The van der Waals surface area contributed by atoms with Gasteiger partial charge in [-0.25, -0.2) is 4.72 Å². The molecule has 1 aromatic heterocycles. The fraction of sp³-hybridized carbons (Fsp3) is 0.190. The Morgan fingerprint density at radius 3 is 2.59 bits per heavy atom. The maximum absolute atomic E-state index is 12.6. The Morgan fingerprint density at radius 1 is 1.19 bits per heavy atom. The first-order valence-electron chi connectivity index (χ1n) is 8.71. The number of carbonyl (C=O) groups excluding carboxylic acids is 1. The van der Waals surface area contributed by atoms with E-state index in [0.29, 0.717) is 11.9 Å². The molecule has 2 aromatic carbocycles. The zero-order valence-corrected chi connectivity index (χ0v) is 15.7. The number of nitrogens with one attached hydrogen (secondary N) is 2. The molecule has 0 aliphatic heterocycles. The lowest BCUT2D eigenvalue weighted by atomic mass is 10.0. The van der Waals surface area contributed by atoms with Crippen LogP contribution in [-0.2, 0) is 14.8 Å². The number of benzene rings is 2. The number of amides is 1. The van der Waals surface area contributed by atoms with Gasteiger partial charge in [0.05, 0.1) is 5.41 Å². The summed E-state index contributed by atoms with van der Waals surface area (Å²) in [6.45, 7) is 5.43. The van der Waals surface area contributed by atoms with Gasteiger partial charge in [0.2, 0.25) is 5.91 Å². The van der Waals surface area contributed by atoms with E-state index in [1.165, 1.54) is 0 Å². The van der Waals surface area contributed by atoms with Crippen LogP contribution in [0, 0.1) is 11.3 Å². The Kier molecular flexibility index (Phi) is 3.96. The first kappa shape index (κ1) is 17.5. The second-order valence-electron chi connectivity index (χ2n) is 7.20. The number of hydrogen-bond donors (Lipinski definition) is 2. The first-order valence-corrected chi connectivity index (χ1v) is 10.2. The molecule has 1 saturated carbocycles. The van der Waals surface area contributed by atoms with Crippen LogP contribution in [0.2, 0.25) is 0 Å². The van der Waals surface area contributed by atoms with Gasteiger partial charge >= 0.3 is 0 Å². The highest BCUT2D eigenvalue weighted by Crippen LogP contribution is 2.53. The molecule has 0 unspecified atom stereocenters. The van der Waals surface area contributed by atoms with Crippen molar-refractivity contribution in [1.29, 1.82) is 0 Å². The molecular weight excluding hydrogens is 360 g/mol. The number of allylic oxidation sites excluding steroid dienone is 1. The maximum atomic E-state index is 12.6. The van der Waals surface area contributed by atoms with Crippen LogP contribution in [-0.4, -0.2) is 19.3 Å². The Bertz CT molecular complexity index is 1150. The summed E-state index contributed by atoms with van der Waals surface area (Å²) < 4.78 is 27.5. The molecule has 138 valence electrons. The molecule has 0 bridgehead atoms. The van der Waals surface area contributed by atoms with E-state index in [1.54, 1.807) is 19.1 Å². The molecule has 1 aliphatic rings. The fourth-order valence-corrected chi connectivity index (χ4v) is 4.47. The third-order valence-electron chi connectivity index (χ3n) is 5.33. The summed E-state index contributed by atoms with van der Waals surface area (Å²) >= 11 is 0. The van der Waals surface area contributed by atoms with Crippen LogP contribution in [0.1, 0.15) is 13.3 Å². The van der Waals surface area contributed by atoms with Gasteiger partial charge in [-0.05, 0) is 35.6 Å². The summed E-state index contributed by atoms with van der Waals surface area (Å²) in [5.74, 6) is -0.472. The van der Waals surface area contributed by atoms with Crippen molar-refractivity contribution in [1.82, 2.24) is 9.71 Å². The van der Waals surface area contributed by atoms with Crippen molar-refractivity contribution < 1.29 is 13.2 Å². The molecule has 1 aliphatic carbocycles. The molecule has 27 heavy (non-hydrogen) atoms. The normalized spacial score (nSPS) is 21.7. The highest BCUT2D eigenvalue weighted by atomic mass is 32.2. The Labute approximate surface area is 158 Å². The third-order valence-corrected chi connectivity index (χ3v) is 6.58. The fourth-order valence-electron chi connectivity index (χ4n) is 3.35. The summed E-state index contributed by atoms with van der Waals surface area (Å²) in [6.07, 6.45) is 2.31. The average molecular weight is 380 g/mol. The van der Waals surface area contributed by atoms with Gasteiger partial charge in [0.25, 0.3) is 10.0 Å². The van der Waals surface area contributed by atoms with Crippen LogP contribution in [0.25, 0.3) is 22.0 Å². The van der Waals surface area contributed by atoms with Crippen LogP contribution in [0.5, 0.6) is 0 Å². The van der Waals surface area contributed by atoms with E-state index in [2.05, 4.69) is 16.3 Å². The summed E-state index contributed by atoms with van der Waals surface area (Å²) in [6, 6.07) is 17.1. The van der Waals surface area contributed by atoms with E-state index in [0.717, 1.165) is 16.5 Å². The minimum atomic E-state index is -3.96. The largest absolute Gasteiger partial charge is 0.344 e. The van der Waals surface area contributed by atoms with Crippen molar-refractivity contribution in [3.8, 4) is 11.1 Å². The molecule has 2 atom stereocenters. The van der Waals surface area contributed by atoms with Gasteiger partial charge in [-0.1, -0.05) is 55.5 Å². The Hall–Kier alpha value is -2.86. The zero-order chi connectivity index (χ0) is 19.2. The predicted octanol–water partition coefficient (Wildman–Crippen LogP) is 3.85. The Morgan fingerprint density at radius 2 is 1.93 bits per heavy atom. The van der Waals surface area contributed by atoms with Crippen LogP contribution >= 0.6 is 0 Å². The topological polar surface area (TPSA) is 79.0 Å². The zero-order valence-electron chi connectivity index (χ0n) is 14.9. The first-order chi connectivity index (χ1) is 12.8. The molecule has 1 fully saturated rings. The standard InChI is InChI=1S/C21H20N2O3S/c1-3-17-13-21(17,2)20(24)23-27(25,26)19-12-16-10-9-15(11-18(16)22-19)14-7-5-4-6-8-14/h3-12,17,22H,1,13H2,2H3,(H,23,24)/t17-,21+/m1/s1. The predicted molar refractivity (Wildman–Crippen MR) is 105 cm³/mol. The van der Waals surface area contributed by atoms with Gasteiger partial charge in [-0.15, -0.1) is 6.58 Å². The summed E-state index contributed by atoms with van der Waals surface area (Å²) in [5.41, 5.74) is 2.04. The number of hydrogen-bond acceptors (Lipinski definition) is 3. The molecule has 3 aromatic rings. The van der Waals surface area contributed by atoms with Crippen molar-refractivity contribution in [2.24, 2.45) is 11.3 Å². The number of carbonyl (C=O) groups is 1. The molecular formula is C21H20N2O3S. The van der Waals surface area contributed by atoms with Gasteiger partial charge in [0, 0.05) is 10.9 Å². The van der Waals surface area contributed by atoms with Crippen LogP contribution in [0.15, 0.2) is 72.3 Å². The number of aromatic amines is 1. The lowest BCUT2D eigenvalue weighted by molar-refractivity contribution is -0.124. The molecule has 0 spiro atoms. The van der Waals surface area contributed by atoms with Crippen molar-refractivity contribution in [2.45, 2.75) is 18.4 Å². The minimum Gasteiger partial charge on any atom is -0.344 e. The molecule has 6 heteroatoms. The van der Waals surface area contributed by atoms with Gasteiger partial charge in [-0.2, -0.15) is 8.42 Å². The van der Waals surface area contributed by atoms with Gasteiger partial charge in [0.1, 0.15) is 0 Å². The van der Waals surface area contributed by atoms with Crippen LogP contribution < -0.4 is 4.72 Å². The number of rotatable bonds is 5. The summed E-state index contributed by atoms with van der Waals surface area (Å²) in [4.78, 5) is 15.3. The van der Waals surface area contributed by atoms with Crippen molar-refractivity contribution >= 4 is 26.8 Å². The third kappa shape index (κ3) is 3.06. The monoisotopic (exact) mass is 380 g/mol. The van der Waals surface area contributed by atoms with Crippen molar-refractivity contribution in [2.75, 3.05) is 0 Å². The van der Waals surface area contributed by atoms with E-state index < -0.39 is 21.3 Å². The van der Waals surface area contributed by atoms with E-state index in [-0.39, 0.29) is 10.9 Å². The molecule has 1 heterocycles. The lowest BCUT2D eigenvalue weighted by Gasteiger charge is -2.10. The van der Waals surface area contributed by atoms with Crippen molar-refractivity contribution in [3.05, 3.63) is 67.3 Å². The molecule has 4 rings (SSSR count). The quantitative estimate of drug-likeness (QED) is 0.660. The van der Waals surface area contributed by atoms with E-state index in [9.17, 15) is 13.2 Å². The summed E-state index contributed by atoms with van der Waals surface area (Å²) in [7, 11) is -3.96. The van der Waals surface area contributed by atoms with Crippen molar-refractivity contribution in [3.63, 3.8) is 0 Å². The summed E-state index contributed by atoms with van der Waals surface area (Å²) in [5, 5.41) is 0.750. The Balaban J connectivity index is 1.63. The molecule has 5 nitrogen and oxygen atoms in total. The van der Waals surface area contributed by atoms with E-state index >= 15 is 0 Å². The van der Waals surface area contributed by atoms with Gasteiger partial charge in [-0.3, -0.25) is 4.79 Å². The minimum absolute atomic E-state index is 0.0174. The van der Waals surface area contributed by atoms with E-state index in [1.807, 2.05) is 48.5 Å². The molecule has 1 amide bonds. The highest BCUT2D eigenvalue weighted by Gasteiger charge is 2.55. The number of fused-ring (bicyclic) bond motifs is 1. The lowest BCUT2D eigenvalue weighted by Crippen LogP contribution is -2.36. The second-order valence-corrected chi connectivity index (χ2v) is 8.85. The van der Waals surface area contributed by atoms with Gasteiger partial charge in [0.15, 0.2) is 5.03 Å². The number of sulfonamides is 1. The average Bonchev–Trinajstić information content (AvgIpc) is 3.15. The van der Waals surface area contributed by atoms with Crippen LogP contribution in [0.3, 0.4) is 0 Å². The second kappa shape index (κ2) is 6.09. The molecule has 2 N–H and O–H groups in total. The van der Waals surface area contributed by atoms with E-state index in [4.69, 9.17) is 0 Å². The van der Waals surface area contributed by atoms with Crippen LogP contribution in [0.4, 0.5) is 0 Å². The highest BCUT2D eigenvalue weighted by molar-refractivity contribution is 7.90. The van der Waals surface area contributed by atoms with Gasteiger partial charge < -0.3 is 4.98 Å². The molecule has 0 saturated heterocycles.